The van der Waals surface area contributed by atoms with E-state index >= 15 is 0 Å². The van der Waals surface area contributed by atoms with Crippen LogP contribution in [0.25, 0.3) is 0 Å². The first-order valence-electron chi connectivity index (χ1n) is 8.70. The Labute approximate surface area is 156 Å². The predicted octanol–water partition coefficient (Wildman–Crippen LogP) is 2.15. The highest BCUT2D eigenvalue weighted by molar-refractivity contribution is 5.58. The molecule has 1 aromatic carbocycles. The molecule has 0 heterocycles. The molecule has 7 heteroatoms. The molecule has 0 spiro atoms. The number of rotatable bonds is 14. The molecule has 0 fully saturated rings. The lowest BCUT2D eigenvalue weighted by atomic mass is 9.95. The summed E-state index contributed by atoms with van der Waals surface area (Å²) in [6.07, 6.45) is 0.473. The largest absolute Gasteiger partial charge is 0.467 e. The van der Waals surface area contributed by atoms with Gasteiger partial charge in [0.1, 0.15) is 11.5 Å². The molecule has 0 amide bonds. The lowest BCUT2D eigenvalue weighted by Crippen LogP contribution is -2.14. The summed E-state index contributed by atoms with van der Waals surface area (Å²) >= 11 is 0. The van der Waals surface area contributed by atoms with Gasteiger partial charge in [0.25, 0.3) is 0 Å². The van der Waals surface area contributed by atoms with Crippen molar-refractivity contribution in [1.29, 1.82) is 0 Å². The van der Waals surface area contributed by atoms with Gasteiger partial charge in [-0.2, -0.15) is 0 Å². The van der Waals surface area contributed by atoms with Crippen LogP contribution in [0, 0.1) is 20.8 Å². The van der Waals surface area contributed by atoms with E-state index in [0.717, 1.165) is 33.8 Å². The Balaban J connectivity index is 2.90. The van der Waals surface area contributed by atoms with Gasteiger partial charge in [0.2, 0.25) is 0 Å². The van der Waals surface area contributed by atoms with Gasteiger partial charge in [-0.15, -0.1) is 0 Å². The number of benzene rings is 1. The average molecular weight is 372 g/mol. The third-order valence-corrected chi connectivity index (χ3v) is 4.11. The lowest BCUT2D eigenvalue weighted by Gasteiger charge is -2.22. The zero-order valence-electron chi connectivity index (χ0n) is 16.6. The molecular formula is C19H32O7. The van der Waals surface area contributed by atoms with Crippen LogP contribution >= 0.6 is 0 Å². The van der Waals surface area contributed by atoms with Crippen molar-refractivity contribution in [2.75, 3.05) is 60.8 Å². The normalized spacial score (nSPS) is 11.0. The zero-order valence-corrected chi connectivity index (χ0v) is 16.6. The van der Waals surface area contributed by atoms with Crippen molar-refractivity contribution in [1.82, 2.24) is 0 Å². The number of aliphatic hydroxyl groups is 1. The van der Waals surface area contributed by atoms with Crippen LogP contribution in [0.15, 0.2) is 0 Å². The van der Waals surface area contributed by atoms with Crippen molar-refractivity contribution >= 4 is 0 Å². The summed E-state index contributed by atoms with van der Waals surface area (Å²) in [6, 6.07) is 0. The number of hydrogen-bond acceptors (Lipinski definition) is 7. The van der Waals surface area contributed by atoms with Crippen molar-refractivity contribution in [2.45, 2.75) is 27.2 Å². The van der Waals surface area contributed by atoms with E-state index < -0.39 is 0 Å². The number of ether oxygens (including phenoxy) is 6. The standard InChI is InChI=1S/C19H32O7/c1-14-15(2)19(26-13-24-11-9-22-5)17(6-7-20)16(3)18(14)25-12-23-10-8-21-4/h20H,6-13H2,1-5H3. The number of methoxy groups -OCH3 is 2. The molecule has 0 bridgehead atoms. The van der Waals surface area contributed by atoms with E-state index in [1.165, 1.54) is 0 Å². The Morgan fingerprint density at radius 1 is 0.692 bits per heavy atom. The molecule has 0 saturated heterocycles. The van der Waals surface area contributed by atoms with E-state index in [-0.39, 0.29) is 20.2 Å². The molecule has 0 aromatic heterocycles. The van der Waals surface area contributed by atoms with Gasteiger partial charge >= 0.3 is 0 Å². The van der Waals surface area contributed by atoms with Crippen LogP contribution in [0.4, 0.5) is 0 Å². The number of aliphatic hydroxyl groups excluding tert-OH is 1. The number of hydrogen-bond donors (Lipinski definition) is 1. The van der Waals surface area contributed by atoms with Crippen LogP contribution in [0.3, 0.4) is 0 Å². The van der Waals surface area contributed by atoms with Gasteiger partial charge in [-0.25, -0.2) is 0 Å². The Morgan fingerprint density at radius 3 is 1.69 bits per heavy atom. The highest BCUT2D eigenvalue weighted by atomic mass is 16.7. The van der Waals surface area contributed by atoms with Crippen LogP contribution in [0.1, 0.15) is 22.3 Å². The fourth-order valence-electron chi connectivity index (χ4n) is 2.58. The van der Waals surface area contributed by atoms with E-state index in [4.69, 9.17) is 28.4 Å². The molecule has 7 nitrogen and oxygen atoms in total. The van der Waals surface area contributed by atoms with Crippen molar-refractivity contribution in [3.05, 3.63) is 22.3 Å². The highest BCUT2D eigenvalue weighted by Crippen LogP contribution is 2.38. The van der Waals surface area contributed by atoms with Gasteiger partial charge in [-0.05, 0) is 43.9 Å². The van der Waals surface area contributed by atoms with Gasteiger partial charge in [0.05, 0.1) is 26.4 Å². The van der Waals surface area contributed by atoms with Crippen LogP contribution in [-0.4, -0.2) is 65.9 Å². The van der Waals surface area contributed by atoms with Crippen molar-refractivity contribution < 1.29 is 33.5 Å². The maximum Gasteiger partial charge on any atom is 0.189 e. The molecular weight excluding hydrogens is 340 g/mol. The zero-order chi connectivity index (χ0) is 19.4. The second kappa shape index (κ2) is 12.9. The molecule has 0 aliphatic carbocycles. The summed E-state index contributed by atoms with van der Waals surface area (Å²) in [6.45, 7) is 8.17. The Kier molecular flexibility index (Phi) is 11.2. The first-order chi connectivity index (χ1) is 12.6. The molecule has 0 atom stereocenters. The summed E-state index contributed by atoms with van der Waals surface area (Å²) < 4.78 is 32.4. The average Bonchev–Trinajstić information content (AvgIpc) is 2.64. The lowest BCUT2D eigenvalue weighted by molar-refractivity contribution is -0.0112. The minimum atomic E-state index is 0.0218. The fraction of sp³-hybridized carbons (Fsp3) is 0.684. The second-order valence-corrected chi connectivity index (χ2v) is 5.81. The third-order valence-electron chi connectivity index (χ3n) is 4.11. The molecule has 1 aromatic rings. The summed E-state index contributed by atoms with van der Waals surface area (Å²) in [5.41, 5.74) is 3.79. The van der Waals surface area contributed by atoms with Gasteiger partial charge in [-0.1, -0.05) is 0 Å². The molecule has 0 aliphatic heterocycles. The van der Waals surface area contributed by atoms with E-state index in [2.05, 4.69) is 0 Å². The van der Waals surface area contributed by atoms with E-state index in [1.807, 2.05) is 20.8 Å². The molecule has 0 saturated carbocycles. The molecule has 0 aliphatic rings. The summed E-state index contributed by atoms with van der Waals surface area (Å²) in [5.74, 6) is 1.50. The highest BCUT2D eigenvalue weighted by Gasteiger charge is 2.19. The third kappa shape index (κ3) is 6.74. The Bertz CT molecular complexity index is 531. The Hall–Kier alpha value is -1.38. The van der Waals surface area contributed by atoms with Crippen molar-refractivity contribution in [3.8, 4) is 11.5 Å². The van der Waals surface area contributed by atoms with E-state index in [1.54, 1.807) is 14.2 Å². The minimum Gasteiger partial charge on any atom is -0.467 e. The van der Waals surface area contributed by atoms with Gasteiger partial charge in [-0.3, -0.25) is 0 Å². The molecule has 150 valence electrons. The topological polar surface area (TPSA) is 75.6 Å². The van der Waals surface area contributed by atoms with Crippen LogP contribution in [0.5, 0.6) is 11.5 Å². The SMILES string of the molecule is COCCOCOc1c(C)c(C)c(OCOCCOC)c(CCO)c1C. The van der Waals surface area contributed by atoms with Gasteiger partial charge in [0, 0.05) is 26.4 Å². The molecule has 0 unspecified atom stereocenters. The second-order valence-electron chi connectivity index (χ2n) is 5.81. The first kappa shape index (κ1) is 22.7. The quantitative estimate of drug-likeness (QED) is 0.396. The van der Waals surface area contributed by atoms with Crippen molar-refractivity contribution in [3.63, 3.8) is 0 Å². The maximum atomic E-state index is 9.45. The van der Waals surface area contributed by atoms with Crippen molar-refractivity contribution in [2.24, 2.45) is 0 Å². The van der Waals surface area contributed by atoms with Crippen LogP contribution in [0.2, 0.25) is 0 Å². The van der Waals surface area contributed by atoms with E-state index in [9.17, 15) is 5.11 Å². The molecule has 0 radical (unpaired) electrons. The van der Waals surface area contributed by atoms with E-state index in [0.29, 0.717) is 32.8 Å². The minimum absolute atomic E-state index is 0.0218. The first-order valence-corrected chi connectivity index (χ1v) is 8.70. The molecule has 26 heavy (non-hydrogen) atoms. The molecule has 1 rings (SSSR count). The summed E-state index contributed by atoms with van der Waals surface area (Å²) in [4.78, 5) is 0. The van der Waals surface area contributed by atoms with Gasteiger partial charge < -0.3 is 33.5 Å². The van der Waals surface area contributed by atoms with Crippen LogP contribution in [-0.2, 0) is 25.4 Å². The monoisotopic (exact) mass is 372 g/mol. The predicted molar refractivity (Wildman–Crippen MR) is 98.1 cm³/mol. The summed E-state index contributed by atoms with van der Waals surface area (Å²) in [7, 11) is 3.25. The summed E-state index contributed by atoms with van der Waals surface area (Å²) in [5, 5.41) is 9.45. The molecule has 1 N–H and O–H groups in total. The van der Waals surface area contributed by atoms with Crippen LogP contribution < -0.4 is 9.47 Å². The smallest absolute Gasteiger partial charge is 0.189 e. The Morgan fingerprint density at radius 2 is 1.19 bits per heavy atom. The fourth-order valence-corrected chi connectivity index (χ4v) is 2.58. The van der Waals surface area contributed by atoms with Gasteiger partial charge in [0.15, 0.2) is 13.6 Å². The maximum absolute atomic E-state index is 9.45.